The number of hydrogen-bond donors (Lipinski definition) is 1. The van der Waals surface area contributed by atoms with E-state index >= 15 is 0 Å². The molecule has 0 radical (unpaired) electrons. The van der Waals surface area contributed by atoms with Crippen molar-refractivity contribution in [2.75, 3.05) is 31.1 Å². The Kier molecular flexibility index (Phi) is 4.91. The van der Waals surface area contributed by atoms with Crippen molar-refractivity contribution in [3.8, 4) is 5.75 Å². The number of nitrogens with one attached hydrogen (secondary N) is 1. The minimum Gasteiger partial charge on any atom is -0.542 e. The fourth-order valence-corrected chi connectivity index (χ4v) is 3.35. The van der Waals surface area contributed by atoms with E-state index in [0.29, 0.717) is 0 Å². The first-order valence-electron chi connectivity index (χ1n) is 7.65. The van der Waals surface area contributed by atoms with Crippen molar-refractivity contribution in [3.63, 3.8) is 0 Å². The second-order valence-corrected chi connectivity index (χ2v) is 12.4. The molecule has 1 aromatic rings. The summed E-state index contributed by atoms with van der Waals surface area (Å²) in [6.07, 6.45) is 0. The van der Waals surface area contributed by atoms with Crippen LogP contribution in [0.3, 0.4) is 0 Å². The van der Waals surface area contributed by atoms with Crippen molar-refractivity contribution in [3.05, 3.63) is 23.2 Å². The van der Waals surface area contributed by atoms with Crippen LogP contribution in [-0.2, 0) is 0 Å². The highest BCUT2D eigenvalue weighted by Gasteiger charge is 2.39. The first kappa shape index (κ1) is 16.7. The normalized spacial score (nSPS) is 17.0. The first-order valence-corrected chi connectivity index (χ1v) is 10.9. The van der Waals surface area contributed by atoms with Crippen LogP contribution in [-0.4, -0.2) is 34.5 Å². The summed E-state index contributed by atoms with van der Waals surface area (Å²) in [5.74, 6) is 0.941. The summed E-state index contributed by atoms with van der Waals surface area (Å²) >= 11 is 6.20. The summed E-state index contributed by atoms with van der Waals surface area (Å²) in [5, 5.41) is 4.30. The molecule has 1 aliphatic rings. The van der Waals surface area contributed by atoms with Crippen LogP contribution in [0.5, 0.6) is 5.75 Å². The summed E-state index contributed by atoms with van der Waals surface area (Å²) in [4.78, 5) is 2.38. The number of halogens is 1. The summed E-state index contributed by atoms with van der Waals surface area (Å²) in [7, 11) is -1.86. The minimum atomic E-state index is -1.86. The van der Waals surface area contributed by atoms with Gasteiger partial charge >= 0.3 is 0 Å². The molecule has 1 fully saturated rings. The lowest BCUT2D eigenvalue weighted by molar-refractivity contribution is 0.488. The smallest absolute Gasteiger partial charge is 0.250 e. The lowest BCUT2D eigenvalue weighted by Gasteiger charge is -2.38. The monoisotopic (exact) mass is 326 g/mol. The van der Waals surface area contributed by atoms with E-state index in [2.05, 4.69) is 50.1 Å². The SMILES string of the molecule is CC(C)(C)[Si](C)(C)Oc1cc(Cl)ccc1N1CCNCC1. The Bertz CT molecular complexity index is 494. The maximum absolute atomic E-state index is 6.52. The quantitative estimate of drug-likeness (QED) is 0.845. The molecule has 0 bridgehead atoms. The highest BCUT2D eigenvalue weighted by Crippen LogP contribution is 2.41. The van der Waals surface area contributed by atoms with Gasteiger partial charge in [0.2, 0.25) is 0 Å². The second kappa shape index (κ2) is 6.19. The van der Waals surface area contributed by atoms with Gasteiger partial charge in [0.25, 0.3) is 8.32 Å². The van der Waals surface area contributed by atoms with Gasteiger partial charge in [-0.3, -0.25) is 0 Å². The summed E-state index contributed by atoms with van der Waals surface area (Å²) < 4.78 is 6.52. The van der Waals surface area contributed by atoms with Gasteiger partial charge in [-0.25, -0.2) is 0 Å². The van der Waals surface area contributed by atoms with Crippen LogP contribution in [0.25, 0.3) is 0 Å². The van der Waals surface area contributed by atoms with Crippen molar-refractivity contribution in [1.29, 1.82) is 0 Å². The molecule has 1 heterocycles. The van der Waals surface area contributed by atoms with E-state index in [9.17, 15) is 0 Å². The average molecular weight is 327 g/mol. The van der Waals surface area contributed by atoms with Crippen LogP contribution in [0.1, 0.15) is 20.8 Å². The Balaban J connectivity index is 2.31. The molecular weight excluding hydrogens is 300 g/mol. The number of anilines is 1. The molecule has 0 spiro atoms. The molecule has 21 heavy (non-hydrogen) atoms. The van der Waals surface area contributed by atoms with Gasteiger partial charge in [0.1, 0.15) is 5.75 Å². The molecule has 118 valence electrons. The topological polar surface area (TPSA) is 24.5 Å². The van der Waals surface area contributed by atoms with Gasteiger partial charge in [0.05, 0.1) is 5.69 Å². The van der Waals surface area contributed by atoms with E-state index in [1.54, 1.807) is 0 Å². The Hall–Kier alpha value is -0.713. The molecule has 3 nitrogen and oxygen atoms in total. The van der Waals surface area contributed by atoms with E-state index in [1.807, 2.05) is 12.1 Å². The van der Waals surface area contributed by atoms with Crippen molar-refractivity contribution in [2.24, 2.45) is 0 Å². The molecule has 0 aliphatic carbocycles. The zero-order valence-electron chi connectivity index (χ0n) is 13.8. The zero-order chi connectivity index (χ0) is 15.7. The highest BCUT2D eigenvalue weighted by atomic mass is 35.5. The predicted octanol–water partition coefficient (Wildman–Crippen LogP) is 4.13. The van der Waals surface area contributed by atoms with Gasteiger partial charge in [0, 0.05) is 31.2 Å². The number of rotatable bonds is 3. The van der Waals surface area contributed by atoms with Gasteiger partial charge in [-0.15, -0.1) is 0 Å². The molecule has 2 rings (SSSR count). The largest absolute Gasteiger partial charge is 0.542 e. The fraction of sp³-hybridized carbons (Fsp3) is 0.625. The molecule has 1 aromatic carbocycles. The number of hydrogen-bond acceptors (Lipinski definition) is 3. The van der Waals surface area contributed by atoms with Crippen LogP contribution in [0.2, 0.25) is 23.2 Å². The summed E-state index contributed by atoms with van der Waals surface area (Å²) in [6, 6.07) is 6.02. The van der Waals surface area contributed by atoms with Crippen molar-refractivity contribution < 1.29 is 4.43 Å². The van der Waals surface area contributed by atoms with Gasteiger partial charge in [0.15, 0.2) is 0 Å². The van der Waals surface area contributed by atoms with E-state index in [0.717, 1.165) is 37.0 Å². The van der Waals surface area contributed by atoms with E-state index < -0.39 is 8.32 Å². The molecule has 0 aromatic heterocycles. The van der Waals surface area contributed by atoms with Gasteiger partial charge in [-0.1, -0.05) is 32.4 Å². The summed E-state index contributed by atoms with van der Waals surface area (Å²) in [5.41, 5.74) is 1.17. The Morgan fingerprint density at radius 1 is 1.19 bits per heavy atom. The Morgan fingerprint density at radius 3 is 2.38 bits per heavy atom. The Labute approximate surface area is 134 Å². The number of piperazine rings is 1. The predicted molar refractivity (Wildman–Crippen MR) is 94.4 cm³/mol. The zero-order valence-corrected chi connectivity index (χ0v) is 15.5. The molecule has 0 amide bonds. The van der Waals surface area contributed by atoms with Gasteiger partial charge in [-0.05, 0) is 36.3 Å². The summed E-state index contributed by atoms with van der Waals surface area (Å²) in [6.45, 7) is 15.4. The molecular formula is C16H27ClN2OSi. The third-order valence-electron chi connectivity index (χ3n) is 4.55. The standard InChI is InChI=1S/C16H27ClN2OSi/c1-16(2,3)21(4,5)20-15-12-13(17)6-7-14(15)19-10-8-18-9-11-19/h6-7,12,18H,8-11H2,1-5H3. The van der Waals surface area contributed by atoms with Crippen molar-refractivity contribution in [1.82, 2.24) is 5.32 Å². The van der Waals surface area contributed by atoms with E-state index in [-0.39, 0.29) is 5.04 Å². The van der Waals surface area contributed by atoms with Crippen LogP contribution in [0.4, 0.5) is 5.69 Å². The minimum absolute atomic E-state index is 0.177. The highest BCUT2D eigenvalue weighted by molar-refractivity contribution is 6.74. The molecule has 1 saturated heterocycles. The number of nitrogens with zero attached hydrogens (tertiary/aromatic N) is 1. The molecule has 1 N–H and O–H groups in total. The maximum atomic E-state index is 6.52. The van der Waals surface area contributed by atoms with E-state index in [4.69, 9.17) is 16.0 Å². The van der Waals surface area contributed by atoms with Crippen molar-refractivity contribution >= 4 is 25.6 Å². The molecule has 5 heteroatoms. The Morgan fingerprint density at radius 2 is 1.81 bits per heavy atom. The number of benzene rings is 1. The molecule has 1 aliphatic heterocycles. The lowest BCUT2D eigenvalue weighted by atomic mass is 10.2. The van der Waals surface area contributed by atoms with Crippen LogP contribution >= 0.6 is 11.6 Å². The van der Waals surface area contributed by atoms with Gasteiger partial charge in [-0.2, -0.15) is 0 Å². The third kappa shape index (κ3) is 3.93. The maximum Gasteiger partial charge on any atom is 0.250 e. The van der Waals surface area contributed by atoms with Crippen LogP contribution in [0, 0.1) is 0 Å². The molecule has 0 atom stereocenters. The molecule has 0 saturated carbocycles. The van der Waals surface area contributed by atoms with Crippen LogP contribution in [0.15, 0.2) is 18.2 Å². The van der Waals surface area contributed by atoms with Gasteiger partial charge < -0.3 is 14.6 Å². The van der Waals surface area contributed by atoms with Crippen LogP contribution < -0.4 is 14.6 Å². The average Bonchev–Trinajstić information content (AvgIpc) is 2.38. The second-order valence-electron chi connectivity index (χ2n) is 7.21. The lowest BCUT2D eigenvalue weighted by Crippen LogP contribution is -2.46. The fourth-order valence-electron chi connectivity index (χ4n) is 2.16. The third-order valence-corrected chi connectivity index (χ3v) is 9.13. The van der Waals surface area contributed by atoms with Crippen molar-refractivity contribution in [2.45, 2.75) is 38.9 Å². The van der Waals surface area contributed by atoms with E-state index in [1.165, 1.54) is 5.69 Å². The first-order chi connectivity index (χ1) is 9.71. The molecule has 0 unspecified atom stereocenters.